The average Bonchev–Trinajstić information content (AvgIpc) is 0.823. The summed E-state index contributed by atoms with van der Waals surface area (Å²) in [7, 11) is -3.30. The molecule has 14 atom stereocenters. The van der Waals surface area contributed by atoms with E-state index in [-0.39, 0.29) is 38.8 Å². The molecule has 5 N–H and O–H groups in total. The maximum Gasteiger partial charge on any atom is 0.410 e. The maximum atomic E-state index is 14.8. The first-order chi connectivity index (χ1) is 39.6. The SMILES string of the molecule is CCC1O[C@@H](O[C@H]2C(OS(C)(=O)=O)C(O[C@@H]3OC(CN(C)C(=O)OC(C)(C)C)CCC3NC(=O)OC(C)(C)C)[C@@H](NC(=O)OC(C)(C)C)C[C@H]2NC(=O)[C@H](CCNC(=O)OC(C)(C)C)OC(C)=O)C(OC(C)=O)[C@@H](NC(=O)OC(C)(C)C)[C@H]1OC(C)=O. The molecule has 500 valence electrons. The summed E-state index contributed by atoms with van der Waals surface area (Å²) in [5.41, 5.74) is -5.06. The summed E-state index contributed by atoms with van der Waals surface area (Å²) in [5, 5.41) is 13.3. The molecule has 87 heavy (non-hydrogen) atoms. The van der Waals surface area contributed by atoms with Gasteiger partial charge in [-0.05, 0) is 130 Å². The first-order valence-corrected chi connectivity index (χ1v) is 30.6. The molecule has 3 rings (SSSR count). The van der Waals surface area contributed by atoms with Crippen LogP contribution in [0.1, 0.15) is 164 Å². The fourth-order valence-corrected chi connectivity index (χ4v) is 9.91. The van der Waals surface area contributed by atoms with Gasteiger partial charge in [-0.2, -0.15) is 8.42 Å². The van der Waals surface area contributed by atoms with E-state index in [1.54, 1.807) is 111 Å². The van der Waals surface area contributed by atoms with Crippen LogP contribution in [0.3, 0.4) is 0 Å². The molecule has 0 spiro atoms. The third-order valence-corrected chi connectivity index (χ3v) is 12.8. The molecule has 1 aliphatic carbocycles. The molecule has 2 aliphatic heterocycles. The van der Waals surface area contributed by atoms with E-state index >= 15 is 0 Å². The third-order valence-electron chi connectivity index (χ3n) is 12.2. The minimum absolute atomic E-state index is 0.00947. The predicted octanol–water partition coefficient (Wildman–Crippen LogP) is 4.89. The Morgan fingerprint density at radius 3 is 1.48 bits per heavy atom. The summed E-state index contributed by atoms with van der Waals surface area (Å²) in [6.07, 6.45) is -21.2. The summed E-state index contributed by atoms with van der Waals surface area (Å²) in [5.74, 6) is -3.83. The Bertz CT molecular complexity index is 2500. The number of nitrogens with one attached hydrogen (secondary N) is 5. The average molecular weight is 1270 g/mol. The fourth-order valence-electron chi connectivity index (χ4n) is 9.29. The molecule has 2 heterocycles. The van der Waals surface area contributed by atoms with Gasteiger partial charge in [-0.15, -0.1) is 0 Å². The Morgan fingerprint density at radius 1 is 0.552 bits per heavy atom. The van der Waals surface area contributed by atoms with Crippen LogP contribution in [-0.4, -0.2) is 208 Å². The maximum absolute atomic E-state index is 14.8. The minimum Gasteiger partial charge on any atom is -0.457 e. The van der Waals surface area contributed by atoms with Gasteiger partial charge < -0.3 is 88.3 Å². The van der Waals surface area contributed by atoms with Crippen molar-refractivity contribution in [2.45, 2.75) is 277 Å². The Labute approximate surface area is 510 Å². The van der Waals surface area contributed by atoms with E-state index in [1.165, 1.54) is 11.9 Å². The number of ether oxygens (including phenoxy) is 12. The van der Waals surface area contributed by atoms with Crippen molar-refractivity contribution in [2.24, 2.45) is 0 Å². The monoisotopic (exact) mass is 1270 g/mol. The second-order valence-electron chi connectivity index (χ2n) is 26.5. The molecule has 6 amide bonds. The number of carbonyl (C=O) groups is 9. The van der Waals surface area contributed by atoms with Crippen molar-refractivity contribution in [1.29, 1.82) is 0 Å². The van der Waals surface area contributed by atoms with Crippen LogP contribution < -0.4 is 26.6 Å². The van der Waals surface area contributed by atoms with E-state index in [2.05, 4.69) is 26.6 Å². The highest BCUT2D eigenvalue weighted by molar-refractivity contribution is 7.86. The number of rotatable bonds is 20. The fraction of sp³-hybridized carbons (Fsp3) is 0.839. The van der Waals surface area contributed by atoms with Gasteiger partial charge in [0.05, 0.1) is 36.6 Å². The molecule has 31 heteroatoms. The van der Waals surface area contributed by atoms with Crippen molar-refractivity contribution in [1.82, 2.24) is 31.5 Å². The Hall–Kier alpha value is -6.02. The van der Waals surface area contributed by atoms with Crippen LogP contribution in [0.5, 0.6) is 0 Å². The van der Waals surface area contributed by atoms with Crippen molar-refractivity contribution in [3.63, 3.8) is 0 Å². The predicted molar refractivity (Wildman–Crippen MR) is 307 cm³/mol. The van der Waals surface area contributed by atoms with Gasteiger partial charge in [-0.1, -0.05) is 6.92 Å². The number of carbonyl (C=O) groups excluding carboxylic acids is 9. The van der Waals surface area contributed by atoms with Gasteiger partial charge in [0.2, 0.25) is 0 Å². The summed E-state index contributed by atoms with van der Waals surface area (Å²) in [4.78, 5) is 122. The van der Waals surface area contributed by atoms with Crippen molar-refractivity contribution < 1.29 is 113 Å². The standard InChI is InChI=1S/C56H96N6O24S/c1-22-36-41(75-30(3)64)38(61-50(70)84-55(14,15)16)42(76-31(4)65)46(78-36)80-39-34(58-44(66)37(74-29(2)63)25-26-57-47(67)81-52(5,6)7)27-35(60-49(69)83-54(11,12)13)40(43(39)86-87(21,72)73)79-45-33(59-48(68)82-53(8,9)10)24-23-32(77-45)28-62(20)51(71)85-56(17,18)19/h32-43,45-46H,22-28H2,1-21H3,(H,57,67)(H,58,66)(H,59,68)(H,60,69)(H,61,70)/t32?,33?,34-,35+,36?,37+,38+,39-,40?,41+,42?,43?,45+,46+/m1/s1. The highest BCUT2D eigenvalue weighted by atomic mass is 32.2. The van der Waals surface area contributed by atoms with Gasteiger partial charge in [0.15, 0.2) is 30.9 Å². The van der Waals surface area contributed by atoms with E-state index in [9.17, 15) is 51.6 Å². The number of nitrogens with zero attached hydrogens (tertiary/aromatic N) is 1. The van der Waals surface area contributed by atoms with Gasteiger partial charge >= 0.3 is 48.4 Å². The number of likely N-dealkylation sites (N-methyl/N-ethyl adjacent to an activating group) is 1. The molecule has 0 aromatic rings. The quantitative estimate of drug-likeness (QED) is 0.0615. The Morgan fingerprint density at radius 2 is 1.01 bits per heavy atom. The highest BCUT2D eigenvalue weighted by Gasteiger charge is 2.57. The van der Waals surface area contributed by atoms with Crippen LogP contribution in [0.15, 0.2) is 0 Å². The molecule has 0 aromatic heterocycles. The summed E-state index contributed by atoms with van der Waals surface area (Å²) >= 11 is 0. The molecule has 1 saturated carbocycles. The lowest BCUT2D eigenvalue weighted by Gasteiger charge is -2.51. The van der Waals surface area contributed by atoms with Crippen LogP contribution in [0.2, 0.25) is 0 Å². The zero-order chi connectivity index (χ0) is 66.5. The van der Waals surface area contributed by atoms with Gasteiger partial charge in [0, 0.05) is 47.3 Å². The summed E-state index contributed by atoms with van der Waals surface area (Å²) in [6, 6.07) is -5.88. The summed E-state index contributed by atoms with van der Waals surface area (Å²) in [6.45, 7) is 28.6. The van der Waals surface area contributed by atoms with Crippen LogP contribution in [0.25, 0.3) is 0 Å². The van der Waals surface area contributed by atoms with E-state index in [0.717, 1.165) is 20.8 Å². The van der Waals surface area contributed by atoms with Crippen LogP contribution in [0, 0.1) is 0 Å². The molecule has 2 saturated heterocycles. The van der Waals surface area contributed by atoms with Crippen LogP contribution >= 0.6 is 0 Å². The number of alkyl carbamates (subject to hydrolysis) is 4. The van der Waals surface area contributed by atoms with Gasteiger partial charge in [0.25, 0.3) is 16.0 Å². The number of hydrogen-bond acceptors (Lipinski definition) is 24. The molecule has 0 radical (unpaired) electrons. The van der Waals surface area contributed by atoms with Crippen molar-refractivity contribution in [3.8, 4) is 0 Å². The topological polar surface area (TPSA) is 371 Å². The van der Waals surface area contributed by atoms with Gasteiger partial charge in [0.1, 0.15) is 52.4 Å². The second kappa shape index (κ2) is 30.9. The van der Waals surface area contributed by atoms with Crippen LogP contribution in [-0.2, 0) is 90.3 Å². The van der Waals surface area contributed by atoms with E-state index in [4.69, 9.17) is 61.0 Å². The minimum atomic E-state index is -4.77. The highest BCUT2D eigenvalue weighted by Crippen LogP contribution is 2.37. The first kappa shape index (κ1) is 75.2. The van der Waals surface area contributed by atoms with E-state index < -0.39 is 184 Å². The van der Waals surface area contributed by atoms with Gasteiger partial charge in [-0.25, -0.2) is 24.0 Å². The molecule has 3 fully saturated rings. The smallest absolute Gasteiger partial charge is 0.410 e. The van der Waals surface area contributed by atoms with Crippen LogP contribution in [0.4, 0.5) is 24.0 Å². The lowest BCUT2D eigenvalue weighted by atomic mass is 9.82. The van der Waals surface area contributed by atoms with Crippen molar-refractivity contribution >= 4 is 64.4 Å². The normalized spacial score (nSPS) is 26.7. The van der Waals surface area contributed by atoms with Gasteiger partial charge in [-0.3, -0.25) is 23.4 Å². The molecule has 6 unspecified atom stereocenters. The molecule has 3 aliphatic rings. The Kier molecular flexibility index (Phi) is 26.8. The number of amides is 6. The zero-order valence-corrected chi connectivity index (χ0v) is 55.0. The second-order valence-corrected chi connectivity index (χ2v) is 28.1. The number of esters is 3. The molecular formula is C56H96N6O24S. The summed E-state index contributed by atoms with van der Waals surface area (Å²) < 4.78 is 105. The molecule has 30 nitrogen and oxygen atoms in total. The van der Waals surface area contributed by atoms with E-state index in [0.29, 0.717) is 6.26 Å². The lowest BCUT2D eigenvalue weighted by Crippen LogP contribution is -2.71. The van der Waals surface area contributed by atoms with Crippen molar-refractivity contribution in [2.75, 3.05) is 26.4 Å². The third kappa shape index (κ3) is 27.5. The zero-order valence-electron chi connectivity index (χ0n) is 54.2. The Balaban J connectivity index is 2.47. The number of hydrogen-bond donors (Lipinski definition) is 5. The molecule has 0 aromatic carbocycles. The lowest BCUT2D eigenvalue weighted by molar-refractivity contribution is -0.314. The van der Waals surface area contributed by atoms with Crippen molar-refractivity contribution in [3.05, 3.63) is 0 Å². The molecular weight excluding hydrogens is 1170 g/mol. The molecule has 0 bridgehead atoms. The van der Waals surface area contributed by atoms with E-state index in [1.807, 2.05) is 0 Å². The largest absolute Gasteiger partial charge is 0.457 e. The first-order valence-electron chi connectivity index (χ1n) is 28.8.